The Morgan fingerprint density at radius 1 is 1.25 bits per heavy atom. The van der Waals surface area contributed by atoms with Crippen LogP contribution >= 0.6 is 0 Å². The van der Waals surface area contributed by atoms with Gasteiger partial charge >= 0.3 is 0 Å². The first-order chi connectivity index (χ1) is 7.95. The Kier molecular flexibility index (Phi) is 4.80. The summed E-state index contributed by atoms with van der Waals surface area (Å²) in [7, 11) is 0. The molecule has 0 saturated carbocycles. The van der Waals surface area contributed by atoms with Gasteiger partial charge in [-0.3, -0.25) is 4.90 Å². The second-order valence-corrected chi connectivity index (χ2v) is 4.04. The highest BCUT2D eigenvalue weighted by Gasteiger charge is 2.08. The summed E-state index contributed by atoms with van der Waals surface area (Å²) in [6.45, 7) is 7.01. The number of nitrogens with one attached hydrogen (secondary N) is 1. The third-order valence-corrected chi connectivity index (χ3v) is 2.82. The van der Waals surface area contributed by atoms with Crippen LogP contribution < -0.4 is 5.32 Å². The van der Waals surface area contributed by atoms with Gasteiger partial charge in [0.25, 0.3) is 0 Å². The molecular weight excluding hydrogens is 200 g/mol. The molecule has 0 unspecified atom stereocenters. The monoisotopic (exact) mass is 219 g/mol. The molecule has 87 valence electrons. The van der Waals surface area contributed by atoms with E-state index in [1.165, 1.54) is 5.56 Å². The number of morpholine rings is 1. The van der Waals surface area contributed by atoms with Crippen molar-refractivity contribution in [2.45, 2.75) is 6.54 Å². The lowest BCUT2D eigenvalue weighted by molar-refractivity contribution is 0.0384. The highest BCUT2D eigenvalue weighted by Crippen LogP contribution is 1.97. The summed E-state index contributed by atoms with van der Waals surface area (Å²) in [6.07, 6.45) is 0. The average molecular weight is 219 g/mol. The van der Waals surface area contributed by atoms with Gasteiger partial charge in [0.1, 0.15) is 0 Å². The number of hydrogen-bond donors (Lipinski definition) is 1. The number of nitrogens with zero attached hydrogens (tertiary/aromatic N) is 1. The Hall–Kier alpha value is -0.900. The molecule has 16 heavy (non-hydrogen) atoms. The second-order valence-electron chi connectivity index (χ2n) is 4.04. The van der Waals surface area contributed by atoms with Crippen molar-refractivity contribution in [2.75, 3.05) is 39.4 Å². The molecule has 1 saturated heterocycles. The molecule has 1 fully saturated rings. The molecule has 1 radical (unpaired) electrons. The number of benzene rings is 1. The Morgan fingerprint density at radius 2 is 2.00 bits per heavy atom. The van der Waals surface area contributed by atoms with Crippen LogP contribution in [-0.2, 0) is 11.3 Å². The van der Waals surface area contributed by atoms with Crippen LogP contribution in [0.25, 0.3) is 0 Å². The van der Waals surface area contributed by atoms with Crippen molar-refractivity contribution in [2.24, 2.45) is 0 Å². The molecule has 0 atom stereocenters. The van der Waals surface area contributed by atoms with E-state index in [1.54, 1.807) is 0 Å². The molecule has 1 aromatic carbocycles. The molecule has 1 aromatic rings. The number of rotatable bonds is 5. The lowest BCUT2D eigenvalue weighted by atomic mass is 10.2. The molecule has 1 aliphatic rings. The van der Waals surface area contributed by atoms with Crippen LogP contribution in [-0.4, -0.2) is 44.3 Å². The van der Waals surface area contributed by atoms with Gasteiger partial charge < -0.3 is 10.1 Å². The quantitative estimate of drug-likeness (QED) is 0.745. The van der Waals surface area contributed by atoms with E-state index in [4.69, 9.17) is 4.74 Å². The highest BCUT2D eigenvalue weighted by molar-refractivity contribution is 5.13. The van der Waals surface area contributed by atoms with E-state index < -0.39 is 0 Å². The molecule has 0 aromatic heterocycles. The Bertz CT molecular complexity index is 283. The van der Waals surface area contributed by atoms with Crippen molar-refractivity contribution in [1.29, 1.82) is 0 Å². The standard InChI is InChI=1S/C13H19N2O/c1-2-4-13(5-3-1)12-14-6-7-15-8-10-16-11-9-15/h2-5,14H,6-12H2. The van der Waals surface area contributed by atoms with Crippen molar-refractivity contribution in [1.82, 2.24) is 10.2 Å². The van der Waals surface area contributed by atoms with E-state index >= 15 is 0 Å². The zero-order valence-corrected chi connectivity index (χ0v) is 9.61. The van der Waals surface area contributed by atoms with Gasteiger partial charge in [0, 0.05) is 32.7 Å². The third kappa shape index (κ3) is 3.93. The zero-order chi connectivity index (χ0) is 11.1. The summed E-state index contributed by atoms with van der Waals surface area (Å²) in [5, 5.41) is 3.45. The maximum Gasteiger partial charge on any atom is 0.0594 e. The molecular formula is C13H19N2O. The van der Waals surface area contributed by atoms with Crippen molar-refractivity contribution in [3.05, 3.63) is 35.9 Å². The average Bonchev–Trinajstić information content (AvgIpc) is 2.37. The van der Waals surface area contributed by atoms with E-state index in [2.05, 4.69) is 28.4 Å². The van der Waals surface area contributed by atoms with E-state index in [0.717, 1.165) is 45.9 Å². The maximum atomic E-state index is 5.31. The molecule has 2 rings (SSSR count). The SMILES string of the molecule is [c]1ccc(CNCCN2CCOCC2)cc1. The van der Waals surface area contributed by atoms with Gasteiger partial charge in [-0.05, 0) is 11.6 Å². The third-order valence-electron chi connectivity index (χ3n) is 2.82. The van der Waals surface area contributed by atoms with Gasteiger partial charge in [0.15, 0.2) is 0 Å². The minimum Gasteiger partial charge on any atom is -0.379 e. The highest BCUT2D eigenvalue weighted by atomic mass is 16.5. The molecule has 1 heterocycles. The van der Waals surface area contributed by atoms with Crippen molar-refractivity contribution in [3.63, 3.8) is 0 Å². The van der Waals surface area contributed by atoms with Crippen molar-refractivity contribution < 1.29 is 4.74 Å². The molecule has 3 nitrogen and oxygen atoms in total. The lowest BCUT2D eigenvalue weighted by Crippen LogP contribution is -2.40. The smallest absolute Gasteiger partial charge is 0.0594 e. The van der Waals surface area contributed by atoms with Crippen LogP contribution in [0.15, 0.2) is 24.3 Å². The van der Waals surface area contributed by atoms with Gasteiger partial charge in [-0.25, -0.2) is 0 Å². The van der Waals surface area contributed by atoms with Gasteiger partial charge in [-0.15, -0.1) is 0 Å². The summed E-state index contributed by atoms with van der Waals surface area (Å²) in [4.78, 5) is 2.44. The van der Waals surface area contributed by atoms with E-state index in [-0.39, 0.29) is 0 Å². The van der Waals surface area contributed by atoms with Gasteiger partial charge in [0.05, 0.1) is 13.2 Å². The molecule has 1 N–H and O–H groups in total. The molecule has 0 spiro atoms. The van der Waals surface area contributed by atoms with E-state index in [0.29, 0.717) is 0 Å². The van der Waals surface area contributed by atoms with Crippen LogP contribution in [0.4, 0.5) is 0 Å². The summed E-state index contributed by atoms with van der Waals surface area (Å²) >= 11 is 0. The molecule has 0 aliphatic carbocycles. The molecule has 1 aliphatic heterocycles. The Labute approximate surface area is 97.4 Å². The minimum absolute atomic E-state index is 0.883. The second kappa shape index (κ2) is 6.63. The normalized spacial score (nSPS) is 17.5. The van der Waals surface area contributed by atoms with Crippen LogP contribution in [0.5, 0.6) is 0 Å². The van der Waals surface area contributed by atoms with Gasteiger partial charge in [-0.2, -0.15) is 0 Å². The maximum absolute atomic E-state index is 5.31. The first kappa shape index (κ1) is 11.6. The largest absolute Gasteiger partial charge is 0.379 e. The van der Waals surface area contributed by atoms with Crippen LogP contribution in [0, 0.1) is 6.07 Å². The molecule has 3 heteroatoms. The fourth-order valence-electron chi connectivity index (χ4n) is 1.83. The first-order valence-electron chi connectivity index (χ1n) is 5.91. The van der Waals surface area contributed by atoms with Gasteiger partial charge in [-0.1, -0.05) is 24.3 Å². The summed E-state index contributed by atoms with van der Waals surface area (Å²) in [5.74, 6) is 0. The van der Waals surface area contributed by atoms with E-state index in [9.17, 15) is 0 Å². The van der Waals surface area contributed by atoms with Crippen molar-refractivity contribution in [3.8, 4) is 0 Å². The van der Waals surface area contributed by atoms with Crippen LogP contribution in [0.2, 0.25) is 0 Å². The van der Waals surface area contributed by atoms with Gasteiger partial charge in [0.2, 0.25) is 0 Å². The lowest BCUT2D eigenvalue weighted by Gasteiger charge is -2.26. The summed E-state index contributed by atoms with van der Waals surface area (Å²) < 4.78 is 5.31. The summed E-state index contributed by atoms with van der Waals surface area (Å²) in [6, 6.07) is 11.1. The predicted molar refractivity (Wildman–Crippen MR) is 64.2 cm³/mol. The first-order valence-corrected chi connectivity index (χ1v) is 5.91. The fraction of sp³-hybridized carbons (Fsp3) is 0.538. The van der Waals surface area contributed by atoms with E-state index in [1.807, 2.05) is 12.1 Å². The number of hydrogen-bond acceptors (Lipinski definition) is 3. The van der Waals surface area contributed by atoms with Crippen LogP contribution in [0.1, 0.15) is 5.56 Å². The zero-order valence-electron chi connectivity index (χ0n) is 9.61. The van der Waals surface area contributed by atoms with Crippen LogP contribution in [0.3, 0.4) is 0 Å². The number of ether oxygens (including phenoxy) is 1. The Balaban J connectivity index is 1.58. The minimum atomic E-state index is 0.883. The Morgan fingerprint density at radius 3 is 2.75 bits per heavy atom. The summed E-state index contributed by atoms with van der Waals surface area (Å²) in [5.41, 5.74) is 1.32. The molecule has 0 amide bonds. The van der Waals surface area contributed by atoms with Crippen molar-refractivity contribution >= 4 is 0 Å². The predicted octanol–water partition coefficient (Wildman–Crippen LogP) is 0.909. The molecule has 0 bridgehead atoms. The topological polar surface area (TPSA) is 24.5 Å². The fourth-order valence-corrected chi connectivity index (χ4v) is 1.83.